The maximum atomic E-state index is 10.3. The van der Waals surface area contributed by atoms with Crippen molar-refractivity contribution in [2.24, 2.45) is 0 Å². The lowest BCUT2D eigenvalue weighted by Gasteiger charge is -2.08. The molecule has 0 atom stereocenters. The molecule has 14 heavy (non-hydrogen) atoms. The molecule has 6 heteroatoms. The molecule has 1 aromatic rings. The first-order valence-corrected chi connectivity index (χ1v) is 4.74. The van der Waals surface area contributed by atoms with Gasteiger partial charge in [-0.25, -0.2) is 0 Å². The summed E-state index contributed by atoms with van der Waals surface area (Å²) in [6, 6.07) is 2.97. The first-order valence-electron chi connectivity index (χ1n) is 3.61. The average Bonchev–Trinajstić information content (AvgIpc) is 2.01. The minimum absolute atomic E-state index is 0.249. The van der Waals surface area contributed by atoms with Crippen LogP contribution in [0.25, 0.3) is 0 Å². The van der Waals surface area contributed by atoms with Crippen molar-refractivity contribution in [1.29, 1.82) is 0 Å². The van der Waals surface area contributed by atoms with Gasteiger partial charge < -0.3 is 10.4 Å². The van der Waals surface area contributed by atoms with E-state index in [1.165, 1.54) is 12.1 Å². The molecule has 0 aliphatic rings. The number of nitrogens with one attached hydrogen (secondary N) is 1. The molecule has 0 saturated heterocycles. The molecular formula is C8H6Cl3NO2. The summed E-state index contributed by atoms with van der Waals surface area (Å²) in [6.07, 6.45) is 0. The number of anilines is 1. The highest BCUT2D eigenvalue weighted by molar-refractivity contribution is 6.41. The minimum atomic E-state index is -0.993. The van der Waals surface area contributed by atoms with Crippen molar-refractivity contribution in [3.8, 4) is 0 Å². The number of aliphatic carboxylic acids is 1. The zero-order valence-corrected chi connectivity index (χ0v) is 9.12. The van der Waals surface area contributed by atoms with Crippen LogP contribution < -0.4 is 5.32 Å². The van der Waals surface area contributed by atoms with E-state index in [4.69, 9.17) is 39.9 Å². The van der Waals surface area contributed by atoms with E-state index < -0.39 is 5.97 Å². The van der Waals surface area contributed by atoms with Crippen molar-refractivity contribution in [3.05, 3.63) is 27.2 Å². The van der Waals surface area contributed by atoms with Crippen LogP contribution in [0.3, 0.4) is 0 Å². The van der Waals surface area contributed by atoms with E-state index in [2.05, 4.69) is 5.32 Å². The Balaban J connectivity index is 2.91. The number of rotatable bonds is 3. The van der Waals surface area contributed by atoms with Crippen LogP contribution in [-0.4, -0.2) is 17.6 Å². The van der Waals surface area contributed by atoms with Crippen molar-refractivity contribution < 1.29 is 9.90 Å². The third-order valence-electron chi connectivity index (χ3n) is 1.42. The Bertz CT molecular complexity index is 345. The van der Waals surface area contributed by atoms with Gasteiger partial charge >= 0.3 is 5.97 Å². The van der Waals surface area contributed by atoms with Crippen LogP contribution >= 0.6 is 34.8 Å². The van der Waals surface area contributed by atoms with E-state index in [9.17, 15) is 4.79 Å². The number of carbonyl (C=O) groups is 1. The highest BCUT2D eigenvalue weighted by atomic mass is 35.5. The molecule has 76 valence electrons. The van der Waals surface area contributed by atoms with Crippen molar-refractivity contribution in [3.63, 3.8) is 0 Å². The van der Waals surface area contributed by atoms with Crippen LogP contribution in [0, 0.1) is 0 Å². The fourth-order valence-corrected chi connectivity index (χ4v) is 1.83. The molecule has 0 radical (unpaired) electrons. The van der Waals surface area contributed by atoms with Gasteiger partial charge in [-0.2, -0.15) is 0 Å². The molecule has 0 bridgehead atoms. The highest BCUT2D eigenvalue weighted by Gasteiger charge is 2.08. The van der Waals surface area contributed by atoms with E-state index in [-0.39, 0.29) is 6.54 Å². The summed E-state index contributed by atoms with van der Waals surface area (Å²) in [4.78, 5) is 10.3. The van der Waals surface area contributed by atoms with Gasteiger partial charge in [0.05, 0.1) is 15.7 Å². The second kappa shape index (κ2) is 4.73. The third-order valence-corrected chi connectivity index (χ3v) is 2.24. The molecule has 1 aromatic carbocycles. The van der Waals surface area contributed by atoms with Crippen molar-refractivity contribution >= 4 is 46.5 Å². The fourth-order valence-electron chi connectivity index (χ4n) is 0.875. The summed E-state index contributed by atoms with van der Waals surface area (Å²) >= 11 is 17.3. The van der Waals surface area contributed by atoms with Crippen molar-refractivity contribution in [2.75, 3.05) is 11.9 Å². The van der Waals surface area contributed by atoms with Gasteiger partial charge in [0.1, 0.15) is 6.54 Å². The Hall–Kier alpha value is -0.640. The summed E-state index contributed by atoms with van der Waals surface area (Å²) in [5.41, 5.74) is 0.375. The molecule has 3 nitrogen and oxygen atoms in total. The number of hydrogen-bond donors (Lipinski definition) is 2. The van der Waals surface area contributed by atoms with Gasteiger partial charge in [0.2, 0.25) is 0 Å². The number of halogens is 3. The van der Waals surface area contributed by atoms with Gasteiger partial charge in [0, 0.05) is 5.02 Å². The molecule has 1 rings (SSSR count). The largest absolute Gasteiger partial charge is 0.480 e. The molecule has 0 amide bonds. The second-order valence-electron chi connectivity index (χ2n) is 2.49. The summed E-state index contributed by atoms with van der Waals surface area (Å²) in [5, 5.41) is 12.0. The third kappa shape index (κ3) is 2.94. The number of hydrogen-bond acceptors (Lipinski definition) is 2. The Morgan fingerprint density at radius 2 is 1.79 bits per heavy atom. The van der Waals surface area contributed by atoms with Gasteiger partial charge in [-0.1, -0.05) is 34.8 Å². The summed E-state index contributed by atoms with van der Waals surface area (Å²) in [7, 11) is 0. The lowest BCUT2D eigenvalue weighted by Crippen LogP contribution is -2.12. The van der Waals surface area contributed by atoms with Crippen LogP contribution in [0.5, 0.6) is 0 Å². The summed E-state index contributed by atoms with van der Waals surface area (Å²) < 4.78 is 0. The number of carboxylic acid groups (broad SMARTS) is 1. The van der Waals surface area contributed by atoms with Crippen molar-refractivity contribution in [1.82, 2.24) is 0 Å². The predicted molar refractivity (Wildman–Crippen MR) is 57.6 cm³/mol. The number of carboxylic acids is 1. The zero-order valence-electron chi connectivity index (χ0n) is 6.85. The smallest absolute Gasteiger partial charge is 0.322 e. The van der Waals surface area contributed by atoms with Gasteiger partial charge in [-0.3, -0.25) is 4.79 Å². The summed E-state index contributed by atoms with van der Waals surface area (Å²) in [6.45, 7) is -0.249. The molecule has 0 unspecified atom stereocenters. The van der Waals surface area contributed by atoms with Crippen LogP contribution in [0.1, 0.15) is 0 Å². The highest BCUT2D eigenvalue weighted by Crippen LogP contribution is 2.33. The topological polar surface area (TPSA) is 49.3 Å². The fraction of sp³-hybridized carbons (Fsp3) is 0.125. The average molecular weight is 254 g/mol. The second-order valence-corrected chi connectivity index (χ2v) is 3.74. The van der Waals surface area contributed by atoms with Gasteiger partial charge in [0.15, 0.2) is 0 Å². The molecular weight excluding hydrogens is 248 g/mol. The molecule has 0 heterocycles. The normalized spacial score (nSPS) is 9.93. The monoisotopic (exact) mass is 253 g/mol. The van der Waals surface area contributed by atoms with Gasteiger partial charge in [-0.15, -0.1) is 0 Å². The molecule has 0 fully saturated rings. The lowest BCUT2D eigenvalue weighted by atomic mass is 10.3. The van der Waals surface area contributed by atoms with E-state index in [0.717, 1.165) is 0 Å². The number of benzene rings is 1. The maximum absolute atomic E-state index is 10.3. The van der Waals surface area contributed by atoms with Crippen LogP contribution in [0.2, 0.25) is 15.1 Å². The molecule has 2 N–H and O–H groups in total. The Kier molecular flexibility index (Phi) is 3.86. The van der Waals surface area contributed by atoms with Gasteiger partial charge in [-0.05, 0) is 12.1 Å². The van der Waals surface area contributed by atoms with E-state index in [1.807, 2.05) is 0 Å². The first kappa shape index (κ1) is 11.4. The molecule has 0 spiro atoms. The van der Waals surface area contributed by atoms with Crippen LogP contribution in [-0.2, 0) is 4.79 Å². The van der Waals surface area contributed by atoms with Crippen LogP contribution in [0.4, 0.5) is 5.69 Å². The first-order chi connectivity index (χ1) is 6.50. The van der Waals surface area contributed by atoms with E-state index in [1.54, 1.807) is 0 Å². The van der Waals surface area contributed by atoms with E-state index in [0.29, 0.717) is 20.8 Å². The zero-order chi connectivity index (χ0) is 10.7. The van der Waals surface area contributed by atoms with Crippen LogP contribution in [0.15, 0.2) is 12.1 Å². The minimum Gasteiger partial charge on any atom is -0.480 e. The Morgan fingerprint density at radius 1 is 1.29 bits per heavy atom. The molecule has 0 aliphatic heterocycles. The molecule has 0 saturated carbocycles. The standard InChI is InChI=1S/C8H6Cl3NO2/c9-4-1-5(10)8(6(11)2-4)12-3-7(13)14/h1-2,12H,3H2,(H,13,14). The Morgan fingerprint density at radius 3 is 2.21 bits per heavy atom. The van der Waals surface area contributed by atoms with E-state index >= 15 is 0 Å². The summed E-state index contributed by atoms with van der Waals surface area (Å²) in [5.74, 6) is -0.993. The SMILES string of the molecule is O=C(O)CNc1c(Cl)cc(Cl)cc1Cl. The van der Waals surface area contributed by atoms with Gasteiger partial charge in [0.25, 0.3) is 0 Å². The quantitative estimate of drug-likeness (QED) is 0.871. The molecule has 0 aliphatic carbocycles. The maximum Gasteiger partial charge on any atom is 0.322 e. The lowest BCUT2D eigenvalue weighted by molar-refractivity contribution is -0.134. The van der Waals surface area contributed by atoms with Crippen molar-refractivity contribution in [2.45, 2.75) is 0 Å². The predicted octanol–water partition coefficient (Wildman–Crippen LogP) is 3.14. The molecule has 0 aromatic heterocycles. The Labute approximate surface area is 95.6 Å².